The monoisotopic (exact) mass is 641 g/mol. The Morgan fingerprint density at radius 2 is 0.980 bits per heavy atom. The summed E-state index contributed by atoms with van der Waals surface area (Å²) in [6, 6.07) is 62.0. The molecule has 0 saturated carbocycles. The summed E-state index contributed by atoms with van der Waals surface area (Å²) >= 11 is 0. The van der Waals surface area contributed by atoms with Gasteiger partial charge in [0.05, 0.1) is 22.1 Å². The van der Waals surface area contributed by atoms with E-state index in [1.54, 1.807) is 0 Å². The maximum absolute atomic E-state index is 5.42. The molecule has 2 aromatic heterocycles. The highest BCUT2D eigenvalue weighted by Gasteiger charge is 2.25. The van der Waals surface area contributed by atoms with Crippen LogP contribution < -0.4 is 5.32 Å². The third-order valence-corrected chi connectivity index (χ3v) is 9.77. The van der Waals surface area contributed by atoms with E-state index in [9.17, 15) is 0 Å². The summed E-state index contributed by atoms with van der Waals surface area (Å²) in [6.45, 7) is 0. The quantitative estimate of drug-likeness (QED) is 0.204. The van der Waals surface area contributed by atoms with Gasteiger partial charge in [0.2, 0.25) is 5.96 Å². The molecule has 1 aliphatic rings. The molecular weight excluding hydrogens is 611 g/mol. The third kappa shape index (κ3) is 4.48. The van der Waals surface area contributed by atoms with Gasteiger partial charge in [0.25, 0.3) is 0 Å². The highest BCUT2D eigenvalue weighted by molar-refractivity contribution is 6.21. The number of aliphatic imine (C=N–C) groups is 2. The van der Waals surface area contributed by atoms with E-state index in [1.165, 1.54) is 32.6 Å². The van der Waals surface area contributed by atoms with Crippen LogP contribution in [-0.4, -0.2) is 20.9 Å². The van der Waals surface area contributed by atoms with Gasteiger partial charge < -0.3 is 9.88 Å². The number of nitrogens with zero attached hydrogens (tertiary/aromatic N) is 4. The molecule has 7 aromatic carbocycles. The Morgan fingerprint density at radius 1 is 0.440 bits per heavy atom. The minimum Gasteiger partial charge on any atom is -0.310 e. The van der Waals surface area contributed by atoms with Gasteiger partial charge in [-0.3, -0.25) is 4.57 Å². The first kappa shape index (κ1) is 28.3. The first-order valence-corrected chi connectivity index (χ1v) is 17.0. The molecule has 5 heteroatoms. The first-order chi connectivity index (χ1) is 24.8. The Kier molecular flexibility index (Phi) is 6.49. The molecule has 1 atom stereocenters. The van der Waals surface area contributed by atoms with Gasteiger partial charge in [-0.2, -0.15) is 0 Å². The zero-order valence-electron chi connectivity index (χ0n) is 27.1. The Bertz CT molecular complexity index is 2730. The van der Waals surface area contributed by atoms with Crippen LogP contribution in [0.25, 0.3) is 60.4 Å². The van der Waals surface area contributed by atoms with Crippen LogP contribution in [0.15, 0.2) is 186 Å². The maximum atomic E-state index is 5.42. The van der Waals surface area contributed by atoms with Crippen molar-refractivity contribution < 1.29 is 0 Å². The van der Waals surface area contributed by atoms with Gasteiger partial charge in [0.1, 0.15) is 5.84 Å². The number of hydrogen-bond acceptors (Lipinski definition) is 3. The van der Waals surface area contributed by atoms with Gasteiger partial charge in [-0.05, 0) is 35.9 Å². The summed E-state index contributed by atoms with van der Waals surface area (Å²) < 4.78 is 4.63. The van der Waals surface area contributed by atoms with E-state index in [-0.39, 0.29) is 0 Å². The summed E-state index contributed by atoms with van der Waals surface area (Å²) in [5.41, 5.74) is 9.95. The van der Waals surface area contributed by atoms with Crippen LogP contribution in [0.3, 0.4) is 0 Å². The molecule has 236 valence electrons. The Hall–Kier alpha value is -6.72. The fourth-order valence-corrected chi connectivity index (χ4v) is 7.56. The minimum absolute atomic E-state index is 0.477. The molecule has 5 nitrogen and oxygen atoms in total. The summed E-state index contributed by atoms with van der Waals surface area (Å²) in [5, 5.41) is 8.52. The van der Waals surface area contributed by atoms with E-state index in [4.69, 9.17) is 9.98 Å². The van der Waals surface area contributed by atoms with E-state index in [1.807, 2.05) is 6.07 Å². The fraction of sp³-hybridized carbons (Fsp3) is 0.0222. The van der Waals surface area contributed by atoms with Crippen LogP contribution >= 0.6 is 0 Å². The van der Waals surface area contributed by atoms with Gasteiger partial charge in [-0.1, -0.05) is 146 Å². The molecule has 0 bridgehead atoms. The van der Waals surface area contributed by atoms with Crippen LogP contribution in [-0.2, 0) is 0 Å². The van der Waals surface area contributed by atoms with Gasteiger partial charge in [0.15, 0.2) is 6.17 Å². The SMILES string of the molecule is c1ccc(C2=NC(c3cccc(-n4c5ccccc5c5ccccc54)c3)N=C(n3c4ccccc4c4cccc(-c5ccccc5)c43)N2)cc1. The van der Waals surface area contributed by atoms with Crippen molar-refractivity contribution in [2.45, 2.75) is 6.17 Å². The van der Waals surface area contributed by atoms with Crippen molar-refractivity contribution in [3.8, 4) is 16.8 Å². The lowest BCUT2D eigenvalue weighted by Crippen LogP contribution is -2.39. The second-order valence-electron chi connectivity index (χ2n) is 12.7. The Labute approximate surface area is 289 Å². The van der Waals surface area contributed by atoms with E-state index >= 15 is 0 Å². The summed E-state index contributed by atoms with van der Waals surface area (Å²) in [7, 11) is 0. The van der Waals surface area contributed by atoms with Crippen molar-refractivity contribution in [2.75, 3.05) is 0 Å². The molecule has 9 aromatic rings. The molecule has 0 radical (unpaired) electrons. The van der Waals surface area contributed by atoms with E-state index in [0.29, 0.717) is 0 Å². The predicted molar refractivity (Wildman–Crippen MR) is 207 cm³/mol. The number of hydrogen-bond donors (Lipinski definition) is 1. The molecule has 50 heavy (non-hydrogen) atoms. The molecule has 0 fully saturated rings. The Balaban J connectivity index is 1.20. The molecule has 0 aliphatic carbocycles. The van der Waals surface area contributed by atoms with Crippen LogP contribution in [0.1, 0.15) is 17.3 Å². The van der Waals surface area contributed by atoms with Crippen LogP contribution in [0, 0.1) is 0 Å². The topological polar surface area (TPSA) is 46.6 Å². The number of amidine groups is 1. The molecule has 1 N–H and O–H groups in total. The van der Waals surface area contributed by atoms with E-state index in [0.717, 1.165) is 50.8 Å². The van der Waals surface area contributed by atoms with E-state index in [2.05, 4.69) is 184 Å². The molecule has 1 aliphatic heterocycles. The molecule has 0 spiro atoms. The van der Waals surface area contributed by atoms with Gasteiger partial charge >= 0.3 is 0 Å². The number of aromatic nitrogens is 2. The van der Waals surface area contributed by atoms with Crippen LogP contribution in [0.4, 0.5) is 0 Å². The molecule has 0 saturated heterocycles. The van der Waals surface area contributed by atoms with Gasteiger partial charge in [-0.15, -0.1) is 0 Å². The summed E-state index contributed by atoms with van der Waals surface area (Å²) in [4.78, 5) is 10.7. The van der Waals surface area contributed by atoms with E-state index < -0.39 is 6.17 Å². The molecule has 3 heterocycles. The molecular formula is C45H31N5. The highest BCUT2D eigenvalue weighted by atomic mass is 15.3. The number of rotatable bonds is 4. The zero-order valence-corrected chi connectivity index (χ0v) is 27.1. The van der Waals surface area contributed by atoms with Crippen LogP contribution in [0.2, 0.25) is 0 Å². The lowest BCUT2D eigenvalue weighted by atomic mass is 10.0. The van der Waals surface area contributed by atoms with Crippen molar-refractivity contribution in [1.29, 1.82) is 0 Å². The molecule has 0 amide bonds. The highest BCUT2D eigenvalue weighted by Crippen LogP contribution is 2.37. The van der Waals surface area contributed by atoms with Gasteiger partial charge in [-0.25, -0.2) is 9.98 Å². The van der Waals surface area contributed by atoms with Crippen molar-refractivity contribution in [3.63, 3.8) is 0 Å². The van der Waals surface area contributed by atoms with Crippen molar-refractivity contribution >= 4 is 55.4 Å². The molecule has 1 unspecified atom stereocenters. The lowest BCUT2D eigenvalue weighted by Gasteiger charge is -2.24. The second kappa shape index (κ2) is 11.5. The lowest BCUT2D eigenvalue weighted by molar-refractivity contribution is 0.744. The average molecular weight is 642 g/mol. The number of benzene rings is 7. The largest absolute Gasteiger partial charge is 0.310 e. The predicted octanol–water partition coefficient (Wildman–Crippen LogP) is 10.5. The van der Waals surface area contributed by atoms with Crippen LogP contribution in [0.5, 0.6) is 0 Å². The Morgan fingerprint density at radius 3 is 1.66 bits per heavy atom. The second-order valence-corrected chi connectivity index (χ2v) is 12.7. The van der Waals surface area contributed by atoms with Crippen molar-refractivity contribution in [3.05, 3.63) is 187 Å². The summed E-state index contributed by atoms with van der Waals surface area (Å²) in [6.07, 6.45) is -0.477. The zero-order chi connectivity index (χ0) is 33.0. The summed E-state index contributed by atoms with van der Waals surface area (Å²) in [5.74, 6) is 1.52. The minimum atomic E-state index is -0.477. The average Bonchev–Trinajstić information content (AvgIpc) is 3.72. The smallest absolute Gasteiger partial charge is 0.211 e. The normalized spacial score (nSPS) is 14.6. The molecule has 10 rings (SSSR count). The van der Waals surface area contributed by atoms with Crippen molar-refractivity contribution in [1.82, 2.24) is 14.5 Å². The number of nitrogens with one attached hydrogen (secondary N) is 1. The van der Waals surface area contributed by atoms with Crippen molar-refractivity contribution in [2.24, 2.45) is 9.98 Å². The third-order valence-electron chi connectivity index (χ3n) is 9.77. The maximum Gasteiger partial charge on any atom is 0.211 e. The number of para-hydroxylation sites is 4. The standard InChI is InChI=1S/C45H31N5/c1-3-15-30(16-4-1)34-24-14-25-38-37-23-9-12-28-41(37)50(42(34)38)45-47-43(31-17-5-2-6-18-31)46-44(48-45)32-19-13-20-33(29-32)49-39-26-10-7-21-35(39)36-22-8-11-27-40(36)49/h1-29,44H,(H,46,47,48). The number of fused-ring (bicyclic) bond motifs is 6. The first-order valence-electron chi connectivity index (χ1n) is 17.0. The fourth-order valence-electron chi connectivity index (χ4n) is 7.56. The van der Waals surface area contributed by atoms with Gasteiger partial charge in [0, 0.05) is 43.9 Å².